The van der Waals surface area contributed by atoms with Gasteiger partial charge in [-0.2, -0.15) is 5.26 Å². The van der Waals surface area contributed by atoms with Crippen molar-refractivity contribution in [3.05, 3.63) is 36.0 Å². The Morgan fingerprint density at radius 2 is 2.29 bits per heavy atom. The van der Waals surface area contributed by atoms with Crippen LogP contribution >= 0.6 is 0 Å². The molecule has 2 atom stereocenters. The van der Waals surface area contributed by atoms with Crippen molar-refractivity contribution < 1.29 is 4.74 Å². The molecule has 1 aliphatic heterocycles. The molecule has 0 radical (unpaired) electrons. The number of aromatic nitrogens is 1. The highest BCUT2D eigenvalue weighted by atomic mass is 16.5. The van der Waals surface area contributed by atoms with Gasteiger partial charge >= 0.3 is 0 Å². The van der Waals surface area contributed by atoms with E-state index in [1.54, 1.807) is 12.3 Å². The third-order valence-electron chi connectivity index (χ3n) is 4.27. The Morgan fingerprint density at radius 3 is 3.10 bits per heavy atom. The Kier molecular flexibility index (Phi) is 3.01. The molecular weight excluding hydrogens is 262 g/mol. The zero-order valence-corrected chi connectivity index (χ0v) is 11.8. The summed E-state index contributed by atoms with van der Waals surface area (Å²) in [6.45, 7) is 3.14. The van der Waals surface area contributed by atoms with Gasteiger partial charge in [0, 0.05) is 18.5 Å². The first-order chi connectivity index (χ1) is 10.3. The summed E-state index contributed by atoms with van der Waals surface area (Å²) >= 11 is 0. The lowest BCUT2D eigenvalue weighted by molar-refractivity contribution is 0.291. The number of ether oxygens (including phenoxy) is 1. The van der Waals surface area contributed by atoms with Crippen LogP contribution in [0.5, 0.6) is 5.75 Å². The van der Waals surface area contributed by atoms with Crippen LogP contribution in [0.1, 0.15) is 18.4 Å². The lowest BCUT2D eigenvalue weighted by Crippen LogP contribution is -2.12. The molecule has 0 spiro atoms. The summed E-state index contributed by atoms with van der Waals surface area (Å²) in [7, 11) is 0. The van der Waals surface area contributed by atoms with Crippen LogP contribution in [0.2, 0.25) is 0 Å². The maximum Gasteiger partial charge on any atom is 0.138 e. The van der Waals surface area contributed by atoms with Gasteiger partial charge in [0.05, 0.1) is 23.3 Å². The van der Waals surface area contributed by atoms with Crippen molar-refractivity contribution in [2.45, 2.75) is 18.9 Å². The summed E-state index contributed by atoms with van der Waals surface area (Å²) in [5.74, 6) is 1.73. The predicted molar refractivity (Wildman–Crippen MR) is 80.0 cm³/mol. The molecule has 2 heterocycles. The summed E-state index contributed by atoms with van der Waals surface area (Å²) < 4.78 is 5.86. The molecule has 4 heteroatoms. The Hall–Kier alpha value is -2.12. The third kappa shape index (κ3) is 2.70. The van der Waals surface area contributed by atoms with Gasteiger partial charge in [-0.3, -0.25) is 9.88 Å². The molecule has 4 rings (SSSR count). The molecule has 1 saturated carbocycles. The average molecular weight is 279 g/mol. The van der Waals surface area contributed by atoms with E-state index in [0.717, 1.165) is 35.7 Å². The lowest BCUT2D eigenvalue weighted by Gasteiger charge is -2.07. The van der Waals surface area contributed by atoms with Crippen LogP contribution in [0.25, 0.3) is 10.9 Å². The van der Waals surface area contributed by atoms with Gasteiger partial charge in [-0.05, 0) is 30.9 Å². The van der Waals surface area contributed by atoms with E-state index in [4.69, 9.17) is 10.00 Å². The van der Waals surface area contributed by atoms with Crippen LogP contribution in [-0.4, -0.2) is 35.6 Å². The molecule has 2 aromatic rings. The van der Waals surface area contributed by atoms with Crippen LogP contribution in [0.15, 0.2) is 30.5 Å². The van der Waals surface area contributed by atoms with E-state index < -0.39 is 0 Å². The summed E-state index contributed by atoms with van der Waals surface area (Å²) in [5.41, 5.74) is 1.35. The number of hydrogen-bond donors (Lipinski definition) is 0. The second-order valence-electron chi connectivity index (χ2n) is 6.02. The van der Waals surface area contributed by atoms with E-state index >= 15 is 0 Å². The Bertz CT molecular complexity index is 718. The molecule has 0 bridgehead atoms. The van der Waals surface area contributed by atoms with Gasteiger partial charge < -0.3 is 4.74 Å². The third-order valence-corrected chi connectivity index (χ3v) is 4.27. The maximum absolute atomic E-state index is 9.07. The molecule has 2 unspecified atom stereocenters. The molecule has 2 fully saturated rings. The molecule has 0 amide bonds. The number of hydrogen-bond acceptors (Lipinski definition) is 4. The highest BCUT2D eigenvalue weighted by Crippen LogP contribution is 2.33. The van der Waals surface area contributed by atoms with E-state index in [9.17, 15) is 0 Å². The predicted octanol–water partition coefficient (Wildman–Crippen LogP) is 2.58. The Labute approximate surface area is 124 Å². The molecule has 0 N–H and O–H groups in total. The van der Waals surface area contributed by atoms with Gasteiger partial charge in [-0.25, -0.2) is 0 Å². The van der Waals surface area contributed by atoms with Crippen LogP contribution in [0.3, 0.4) is 0 Å². The van der Waals surface area contributed by atoms with Crippen LogP contribution < -0.4 is 4.74 Å². The van der Waals surface area contributed by atoms with Crippen molar-refractivity contribution in [1.29, 1.82) is 5.26 Å². The highest BCUT2D eigenvalue weighted by molar-refractivity contribution is 5.84. The van der Waals surface area contributed by atoms with Crippen molar-refractivity contribution in [2.75, 3.05) is 19.7 Å². The van der Waals surface area contributed by atoms with Crippen LogP contribution in [0.4, 0.5) is 0 Å². The Balaban J connectivity index is 1.41. The van der Waals surface area contributed by atoms with E-state index in [1.165, 1.54) is 19.4 Å². The minimum absolute atomic E-state index is 0.576. The molecular formula is C17H17N3O. The molecule has 2 aliphatic rings. The number of rotatable bonds is 5. The van der Waals surface area contributed by atoms with E-state index in [1.807, 2.05) is 18.2 Å². The van der Waals surface area contributed by atoms with Crippen LogP contribution in [0, 0.1) is 17.2 Å². The van der Waals surface area contributed by atoms with Gasteiger partial charge in [0.1, 0.15) is 18.4 Å². The van der Waals surface area contributed by atoms with E-state index in [2.05, 4.69) is 16.0 Å². The number of pyridine rings is 1. The minimum atomic E-state index is 0.576. The smallest absolute Gasteiger partial charge is 0.138 e. The number of para-hydroxylation sites is 1. The van der Waals surface area contributed by atoms with Crippen LogP contribution in [-0.2, 0) is 0 Å². The summed E-state index contributed by atoms with van der Waals surface area (Å²) in [6, 6.07) is 10.3. The topological polar surface area (TPSA) is 48.9 Å². The molecule has 21 heavy (non-hydrogen) atoms. The van der Waals surface area contributed by atoms with Gasteiger partial charge in [0.15, 0.2) is 0 Å². The molecule has 1 aliphatic carbocycles. The number of nitrogens with zero attached hydrogens (tertiary/aromatic N) is 3. The molecule has 4 nitrogen and oxygen atoms in total. The van der Waals surface area contributed by atoms with Gasteiger partial charge in [0.25, 0.3) is 0 Å². The first kappa shape index (κ1) is 12.6. The summed E-state index contributed by atoms with van der Waals surface area (Å²) in [4.78, 5) is 6.85. The number of nitriles is 1. The molecule has 1 aromatic heterocycles. The first-order valence-corrected chi connectivity index (χ1v) is 7.49. The summed E-state index contributed by atoms with van der Waals surface area (Å²) in [5, 5.41) is 10.0. The molecule has 106 valence electrons. The fourth-order valence-corrected chi connectivity index (χ4v) is 2.74. The maximum atomic E-state index is 9.07. The monoisotopic (exact) mass is 279 g/mol. The van der Waals surface area contributed by atoms with Crippen molar-refractivity contribution in [2.24, 2.45) is 5.92 Å². The van der Waals surface area contributed by atoms with E-state index in [-0.39, 0.29) is 0 Å². The number of benzene rings is 1. The van der Waals surface area contributed by atoms with Crippen molar-refractivity contribution in [1.82, 2.24) is 9.88 Å². The molecule has 1 saturated heterocycles. The zero-order chi connectivity index (χ0) is 14.2. The van der Waals surface area contributed by atoms with Gasteiger partial charge in [-0.1, -0.05) is 12.1 Å². The van der Waals surface area contributed by atoms with Crippen molar-refractivity contribution in [3.63, 3.8) is 0 Å². The fourth-order valence-electron chi connectivity index (χ4n) is 2.74. The highest BCUT2D eigenvalue weighted by Gasteiger charge is 2.38. The standard InChI is InChI=1S/C17H17N3O/c18-7-14-3-1-2-13-6-16(8-19-17(13)14)21-11-15-10-20(15)9-12-4-5-12/h1-3,6,8,12,15H,4-5,9-11H2. The SMILES string of the molecule is N#Cc1cccc2cc(OCC3CN3CC3CC3)cnc12. The number of fused-ring (bicyclic) bond motifs is 1. The van der Waals surface area contributed by atoms with Crippen molar-refractivity contribution >= 4 is 10.9 Å². The average Bonchev–Trinajstić information content (AvgIpc) is 3.43. The summed E-state index contributed by atoms with van der Waals surface area (Å²) in [6.07, 6.45) is 4.52. The normalized spacial score (nSPS) is 23.8. The van der Waals surface area contributed by atoms with Crippen molar-refractivity contribution in [3.8, 4) is 11.8 Å². The lowest BCUT2D eigenvalue weighted by atomic mass is 10.1. The minimum Gasteiger partial charge on any atom is -0.490 e. The quantitative estimate of drug-likeness (QED) is 0.789. The first-order valence-electron chi connectivity index (χ1n) is 7.49. The second-order valence-corrected chi connectivity index (χ2v) is 6.02. The largest absolute Gasteiger partial charge is 0.490 e. The molecule has 1 aromatic carbocycles. The fraction of sp³-hybridized carbons (Fsp3) is 0.412. The van der Waals surface area contributed by atoms with Gasteiger partial charge in [0.2, 0.25) is 0 Å². The second kappa shape index (κ2) is 5.01. The van der Waals surface area contributed by atoms with E-state index in [0.29, 0.717) is 11.6 Å². The van der Waals surface area contributed by atoms with Gasteiger partial charge in [-0.15, -0.1) is 0 Å². The Morgan fingerprint density at radius 1 is 1.38 bits per heavy atom. The zero-order valence-electron chi connectivity index (χ0n) is 11.8.